The molecule has 4 heteroatoms. The third kappa shape index (κ3) is 2.31. The lowest BCUT2D eigenvalue weighted by molar-refractivity contribution is 0.219. The van der Waals surface area contributed by atoms with Crippen molar-refractivity contribution in [3.05, 3.63) is 36.0 Å². The quantitative estimate of drug-likeness (QED) is 0.794. The van der Waals surface area contributed by atoms with Crippen molar-refractivity contribution in [1.82, 2.24) is 14.3 Å². The number of aromatic nitrogens is 2. The van der Waals surface area contributed by atoms with E-state index in [0.717, 1.165) is 31.0 Å². The number of rotatable bonds is 2. The maximum absolute atomic E-state index is 13.0. The summed E-state index contributed by atoms with van der Waals surface area (Å²) >= 11 is 0. The predicted molar refractivity (Wildman–Crippen MR) is 64.3 cm³/mol. The average Bonchev–Trinajstić information content (AvgIpc) is 2.71. The maximum Gasteiger partial charge on any atom is 0.139 e. The van der Waals surface area contributed by atoms with Crippen molar-refractivity contribution in [2.45, 2.75) is 25.8 Å². The third-order valence-corrected chi connectivity index (χ3v) is 3.30. The van der Waals surface area contributed by atoms with Crippen LogP contribution in [0.15, 0.2) is 24.5 Å². The zero-order valence-corrected chi connectivity index (χ0v) is 9.77. The van der Waals surface area contributed by atoms with Gasteiger partial charge in [0.05, 0.1) is 5.69 Å². The number of nitrogens with zero attached hydrogens (tertiary/aromatic N) is 3. The number of fused-ring (bicyclic) bond motifs is 1. The van der Waals surface area contributed by atoms with Gasteiger partial charge in [-0.2, -0.15) is 0 Å². The summed E-state index contributed by atoms with van der Waals surface area (Å²) in [6.45, 7) is 3.19. The Morgan fingerprint density at radius 1 is 1.12 bits per heavy atom. The molecule has 1 fully saturated rings. The molecule has 2 aromatic rings. The second kappa shape index (κ2) is 4.45. The Labute approximate surface area is 99.9 Å². The van der Waals surface area contributed by atoms with Crippen LogP contribution in [0.1, 0.15) is 25.0 Å². The highest BCUT2D eigenvalue weighted by Gasteiger charge is 2.12. The van der Waals surface area contributed by atoms with E-state index in [9.17, 15) is 4.39 Å². The van der Waals surface area contributed by atoms with Gasteiger partial charge in [0.15, 0.2) is 0 Å². The van der Waals surface area contributed by atoms with Crippen LogP contribution in [-0.2, 0) is 6.54 Å². The summed E-state index contributed by atoms with van der Waals surface area (Å²) in [7, 11) is 0. The summed E-state index contributed by atoms with van der Waals surface area (Å²) in [5.74, 6) is -0.223. The molecule has 3 heterocycles. The molecule has 0 bridgehead atoms. The summed E-state index contributed by atoms with van der Waals surface area (Å²) in [4.78, 5) is 6.92. The van der Waals surface area contributed by atoms with Gasteiger partial charge in [0.2, 0.25) is 0 Å². The highest BCUT2D eigenvalue weighted by atomic mass is 19.1. The maximum atomic E-state index is 13.0. The molecular formula is C13H16FN3. The van der Waals surface area contributed by atoms with E-state index in [0.29, 0.717) is 0 Å². The highest BCUT2D eigenvalue weighted by molar-refractivity contribution is 5.39. The van der Waals surface area contributed by atoms with Crippen molar-refractivity contribution in [3.8, 4) is 0 Å². The first kappa shape index (κ1) is 10.7. The summed E-state index contributed by atoms with van der Waals surface area (Å²) < 4.78 is 14.8. The summed E-state index contributed by atoms with van der Waals surface area (Å²) in [6.07, 6.45) is 7.30. The van der Waals surface area contributed by atoms with Crippen LogP contribution in [0.5, 0.6) is 0 Å². The minimum absolute atomic E-state index is 0.223. The average molecular weight is 233 g/mol. The molecular weight excluding hydrogens is 217 g/mol. The van der Waals surface area contributed by atoms with Crippen LogP contribution < -0.4 is 0 Å². The molecule has 0 unspecified atom stereocenters. The molecule has 17 heavy (non-hydrogen) atoms. The molecule has 1 aliphatic rings. The van der Waals surface area contributed by atoms with Crippen molar-refractivity contribution < 1.29 is 4.39 Å². The van der Waals surface area contributed by atoms with Gasteiger partial charge in [-0.3, -0.25) is 4.90 Å². The first-order valence-electron chi connectivity index (χ1n) is 6.17. The monoisotopic (exact) mass is 233 g/mol. The molecule has 0 amide bonds. The second-order valence-electron chi connectivity index (χ2n) is 4.68. The van der Waals surface area contributed by atoms with Gasteiger partial charge < -0.3 is 4.40 Å². The van der Waals surface area contributed by atoms with Crippen LogP contribution >= 0.6 is 0 Å². The Hall–Kier alpha value is -1.42. The molecule has 90 valence electrons. The van der Waals surface area contributed by atoms with Gasteiger partial charge in [0.1, 0.15) is 11.5 Å². The van der Waals surface area contributed by atoms with Gasteiger partial charge in [-0.1, -0.05) is 6.42 Å². The van der Waals surface area contributed by atoms with E-state index < -0.39 is 0 Å². The van der Waals surface area contributed by atoms with E-state index in [2.05, 4.69) is 9.88 Å². The van der Waals surface area contributed by atoms with Crippen molar-refractivity contribution in [3.63, 3.8) is 0 Å². The van der Waals surface area contributed by atoms with E-state index >= 15 is 0 Å². The highest BCUT2D eigenvalue weighted by Crippen LogP contribution is 2.13. The number of hydrogen-bond acceptors (Lipinski definition) is 2. The Bertz CT molecular complexity index is 514. The van der Waals surface area contributed by atoms with Gasteiger partial charge in [0.25, 0.3) is 0 Å². The first-order valence-corrected chi connectivity index (χ1v) is 6.17. The molecule has 1 aliphatic heterocycles. The lowest BCUT2D eigenvalue weighted by atomic mass is 10.1. The predicted octanol–water partition coefficient (Wildman–Crippen LogP) is 2.46. The number of imidazole rings is 1. The SMILES string of the molecule is Fc1ccc2nc(CN3CCCCC3)cn2c1. The Morgan fingerprint density at radius 3 is 2.76 bits per heavy atom. The van der Waals surface area contributed by atoms with Gasteiger partial charge in [0, 0.05) is 18.9 Å². The number of halogens is 1. The van der Waals surface area contributed by atoms with E-state index in [4.69, 9.17) is 0 Å². The minimum Gasteiger partial charge on any atom is -0.304 e. The van der Waals surface area contributed by atoms with Crippen LogP contribution in [0.3, 0.4) is 0 Å². The Morgan fingerprint density at radius 2 is 1.94 bits per heavy atom. The molecule has 0 N–H and O–H groups in total. The third-order valence-electron chi connectivity index (χ3n) is 3.30. The molecule has 0 saturated carbocycles. The summed E-state index contributed by atoms with van der Waals surface area (Å²) in [6, 6.07) is 3.17. The molecule has 1 saturated heterocycles. The van der Waals surface area contributed by atoms with Crippen LogP contribution in [0.4, 0.5) is 4.39 Å². The van der Waals surface area contributed by atoms with E-state index in [1.54, 1.807) is 10.5 Å². The van der Waals surface area contributed by atoms with Crippen molar-refractivity contribution in [1.29, 1.82) is 0 Å². The van der Waals surface area contributed by atoms with Gasteiger partial charge in [-0.15, -0.1) is 0 Å². The molecule has 0 radical (unpaired) electrons. The molecule has 2 aromatic heterocycles. The number of pyridine rings is 1. The second-order valence-corrected chi connectivity index (χ2v) is 4.68. The van der Waals surface area contributed by atoms with Gasteiger partial charge in [-0.05, 0) is 38.1 Å². The molecule has 0 aliphatic carbocycles. The van der Waals surface area contributed by atoms with E-state index in [1.807, 2.05) is 6.20 Å². The lowest BCUT2D eigenvalue weighted by Gasteiger charge is -2.25. The zero-order chi connectivity index (χ0) is 11.7. The van der Waals surface area contributed by atoms with Crippen LogP contribution in [-0.4, -0.2) is 27.4 Å². The van der Waals surface area contributed by atoms with Crippen LogP contribution in [0, 0.1) is 5.82 Å². The van der Waals surface area contributed by atoms with Crippen molar-refractivity contribution in [2.24, 2.45) is 0 Å². The lowest BCUT2D eigenvalue weighted by Crippen LogP contribution is -2.29. The minimum atomic E-state index is -0.223. The first-order chi connectivity index (χ1) is 8.31. The topological polar surface area (TPSA) is 20.5 Å². The van der Waals surface area contributed by atoms with E-state index in [-0.39, 0.29) is 5.82 Å². The number of likely N-dealkylation sites (tertiary alicyclic amines) is 1. The molecule has 0 spiro atoms. The fourth-order valence-electron chi connectivity index (χ4n) is 2.44. The number of piperidine rings is 1. The molecule has 0 atom stereocenters. The normalized spacial score (nSPS) is 17.7. The molecule has 0 aromatic carbocycles. The standard InChI is InChI=1S/C13H16FN3/c14-11-4-5-13-15-12(10-17(13)8-11)9-16-6-2-1-3-7-16/h4-5,8,10H,1-3,6-7,9H2. The van der Waals surface area contributed by atoms with E-state index in [1.165, 1.54) is 31.5 Å². The van der Waals surface area contributed by atoms with Crippen molar-refractivity contribution >= 4 is 5.65 Å². The zero-order valence-electron chi connectivity index (χ0n) is 9.77. The largest absolute Gasteiger partial charge is 0.304 e. The van der Waals surface area contributed by atoms with Gasteiger partial charge in [-0.25, -0.2) is 9.37 Å². The van der Waals surface area contributed by atoms with Crippen molar-refractivity contribution in [2.75, 3.05) is 13.1 Å². The summed E-state index contributed by atoms with van der Waals surface area (Å²) in [5.41, 5.74) is 1.84. The fourth-order valence-corrected chi connectivity index (χ4v) is 2.44. The smallest absolute Gasteiger partial charge is 0.139 e. The Kier molecular flexibility index (Phi) is 2.81. The Balaban J connectivity index is 1.80. The summed E-state index contributed by atoms with van der Waals surface area (Å²) in [5, 5.41) is 0. The van der Waals surface area contributed by atoms with Crippen LogP contribution in [0.25, 0.3) is 5.65 Å². The van der Waals surface area contributed by atoms with Crippen LogP contribution in [0.2, 0.25) is 0 Å². The van der Waals surface area contributed by atoms with Gasteiger partial charge >= 0.3 is 0 Å². The fraction of sp³-hybridized carbons (Fsp3) is 0.462. The number of hydrogen-bond donors (Lipinski definition) is 0. The molecule has 3 nitrogen and oxygen atoms in total. The molecule has 3 rings (SSSR count).